The van der Waals surface area contributed by atoms with Gasteiger partial charge >= 0.3 is 6.03 Å². The van der Waals surface area contributed by atoms with Gasteiger partial charge in [-0.1, -0.05) is 68.8 Å². The lowest BCUT2D eigenvalue weighted by atomic mass is 9.76. The Hall–Kier alpha value is -4.74. The number of amides is 2. The van der Waals surface area contributed by atoms with Crippen LogP contribution in [-0.2, 0) is 5.41 Å². The van der Waals surface area contributed by atoms with E-state index in [-0.39, 0.29) is 29.0 Å². The van der Waals surface area contributed by atoms with E-state index in [0.717, 1.165) is 54.0 Å². The molecule has 0 radical (unpaired) electrons. The second-order valence-corrected chi connectivity index (χ2v) is 13.0. The summed E-state index contributed by atoms with van der Waals surface area (Å²) < 4.78 is 1.75. The molecule has 8 heteroatoms. The molecule has 2 amide bonds. The molecule has 2 unspecified atom stereocenters. The Morgan fingerprint density at radius 1 is 0.956 bits per heavy atom. The van der Waals surface area contributed by atoms with Crippen molar-refractivity contribution in [1.29, 1.82) is 5.26 Å². The number of aryl methyl sites for hydroxylation is 1. The summed E-state index contributed by atoms with van der Waals surface area (Å²) in [7, 11) is 0. The summed E-state index contributed by atoms with van der Waals surface area (Å²) in [5.74, 6) is 0.0724. The summed E-state index contributed by atoms with van der Waals surface area (Å²) in [6, 6.07) is 26.8. The maximum Gasteiger partial charge on any atom is 0.324 e. The zero-order valence-electron chi connectivity index (χ0n) is 26.7. The molecule has 232 valence electrons. The van der Waals surface area contributed by atoms with E-state index in [0.29, 0.717) is 17.1 Å². The normalized spacial score (nSPS) is 15.1. The minimum Gasteiger partial charge on any atom is -0.317 e. The average molecular weight is 603 g/mol. The molecular weight excluding hydrogens is 560 g/mol. The Labute approximate surface area is 265 Å². The molecule has 1 aromatic heterocycles. The van der Waals surface area contributed by atoms with Crippen molar-refractivity contribution in [3.63, 3.8) is 0 Å². The second-order valence-electron chi connectivity index (χ2n) is 13.0. The maximum atomic E-state index is 14.1. The molecule has 45 heavy (non-hydrogen) atoms. The number of hydrogen-bond donors (Lipinski definition) is 3. The molecule has 1 fully saturated rings. The van der Waals surface area contributed by atoms with Gasteiger partial charge in [-0.2, -0.15) is 10.4 Å². The minimum absolute atomic E-state index is 0.0344. The molecule has 0 bridgehead atoms. The standard InChI is InChI=1S/C37H42N6O2/c1-24-12-14-31(15-13-24)43-33(22-32(42-43)37(3,4)5)41-36(45)40-30-11-7-9-28(21-30)34(26-16-18-39-19-17-26)35(44)29-10-6-8-27(20-29)25(2)23-38/h6-15,20-22,25-26,34,39H,16-19H2,1-5H3,(H2,40,41,45). The van der Waals surface area contributed by atoms with Gasteiger partial charge in [-0.3, -0.25) is 10.1 Å². The molecule has 1 aliphatic rings. The van der Waals surface area contributed by atoms with E-state index in [1.165, 1.54) is 0 Å². The van der Waals surface area contributed by atoms with Crippen molar-refractivity contribution in [2.45, 2.75) is 64.7 Å². The van der Waals surface area contributed by atoms with E-state index < -0.39 is 6.03 Å². The van der Waals surface area contributed by atoms with Crippen LogP contribution in [0.3, 0.4) is 0 Å². The number of benzene rings is 3. The van der Waals surface area contributed by atoms with Gasteiger partial charge in [-0.25, -0.2) is 9.48 Å². The van der Waals surface area contributed by atoms with Crippen molar-refractivity contribution in [1.82, 2.24) is 15.1 Å². The van der Waals surface area contributed by atoms with E-state index >= 15 is 0 Å². The van der Waals surface area contributed by atoms with Crippen molar-refractivity contribution in [2.24, 2.45) is 5.92 Å². The Kier molecular flexibility index (Phi) is 9.50. The molecule has 8 nitrogen and oxygen atoms in total. The zero-order valence-corrected chi connectivity index (χ0v) is 26.7. The lowest BCUT2D eigenvalue weighted by Gasteiger charge is -2.30. The lowest BCUT2D eigenvalue weighted by Crippen LogP contribution is -2.33. The molecule has 0 aliphatic carbocycles. The van der Waals surface area contributed by atoms with Gasteiger partial charge in [0.2, 0.25) is 0 Å². The van der Waals surface area contributed by atoms with E-state index in [9.17, 15) is 14.9 Å². The second kappa shape index (κ2) is 13.5. The van der Waals surface area contributed by atoms with Crippen molar-refractivity contribution in [3.8, 4) is 11.8 Å². The van der Waals surface area contributed by atoms with E-state index in [2.05, 4.69) is 42.8 Å². The van der Waals surface area contributed by atoms with E-state index in [1.807, 2.05) is 92.7 Å². The Morgan fingerprint density at radius 3 is 2.33 bits per heavy atom. The topological polar surface area (TPSA) is 112 Å². The van der Waals surface area contributed by atoms with Crippen molar-refractivity contribution >= 4 is 23.3 Å². The summed E-state index contributed by atoms with van der Waals surface area (Å²) in [6.45, 7) is 11.8. The number of rotatable bonds is 8. The summed E-state index contributed by atoms with van der Waals surface area (Å²) in [5, 5.41) is 23.6. The number of urea groups is 1. The molecule has 3 aromatic carbocycles. The first kappa shape index (κ1) is 31.7. The van der Waals surface area contributed by atoms with Crippen molar-refractivity contribution in [3.05, 3.63) is 107 Å². The van der Waals surface area contributed by atoms with E-state index in [4.69, 9.17) is 5.10 Å². The number of ketones is 1. The highest BCUT2D eigenvalue weighted by atomic mass is 16.2. The third-order valence-electron chi connectivity index (χ3n) is 8.50. The van der Waals surface area contributed by atoms with Gasteiger partial charge in [0.1, 0.15) is 5.82 Å². The zero-order chi connectivity index (χ0) is 32.1. The lowest BCUT2D eigenvalue weighted by molar-refractivity contribution is 0.0916. The molecule has 4 aromatic rings. The van der Waals surface area contributed by atoms with Crippen molar-refractivity contribution < 1.29 is 9.59 Å². The summed E-state index contributed by atoms with van der Waals surface area (Å²) >= 11 is 0. The Bertz CT molecular complexity index is 1700. The van der Waals surface area contributed by atoms with Gasteiger partial charge in [0.25, 0.3) is 0 Å². The highest BCUT2D eigenvalue weighted by molar-refractivity contribution is 6.02. The summed E-state index contributed by atoms with van der Waals surface area (Å²) in [6.07, 6.45) is 1.75. The number of nitrogens with one attached hydrogen (secondary N) is 3. The Balaban J connectivity index is 1.41. The molecule has 2 heterocycles. The van der Waals surface area contributed by atoms with Crippen LogP contribution < -0.4 is 16.0 Å². The highest BCUT2D eigenvalue weighted by Gasteiger charge is 2.32. The molecule has 3 N–H and O–H groups in total. The molecule has 2 atom stereocenters. The molecule has 1 aliphatic heterocycles. The van der Waals surface area contributed by atoms with Crippen LogP contribution in [0.2, 0.25) is 0 Å². The molecule has 0 saturated carbocycles. The van der Waals surface area contributed by atoms with Crippen LogP contribution >= 0.6 is 0 Å². The van der Waals surface area contributed by atoms with Crippen LogP contribution in [-0.4, -0.2) is 34.7 Å². The summed E-state index contributed by atoms with van der Waals surface area (Å²) in [5.41, 5.74) is 5.54. The Morgan fingerprint density at radius 2 is 1.64 bits per heavy atom. The molecule has 1 saturated heterocycles. The number of nitrogens with zero attached hydrogens (tertiary/aromatic N) is 3. The third kappa shape index (κ3) is 7.50. The number of Topliss-reactive ketones (excluding diaryl/α,β-unsaturated/α-hetero) is 1. The number of nitriles is 1. The summed E-state index contributed by atoms with van der Waals surface area (Å²) in [4.78, 5) is 27.5. The van der Waals surface area contributed by atoms with Crippen molar-refractivity contribution in [2.75, 3.05) is 23.7 Å². The average Bonchev–Trinajstić information content (AvgIpc) is 3.46. The van der Waals surface area contributed by atoms with Gasteiger partial charge in [0.15, 0.2) is 5.78 Å². The first-order chi connectivity index (χ1) is 21.5. The van der Waals surface area contributed by atoms with E-state index in [1.54, 1.807) is 4.68 Å². The monoisotopic (exact) mass is 602 g/mol. The number of aromatic nitrogens is 2. The van der Waals surface area contributed by atoms with Gasteiger partial charge in [0.05, 0.1) is 29.3 Å². The highest BCUT2D eigenvalue weighted by Crippen LogP contribution is 2.36. The largest absolute Gasteiger partial charge is 0.324 e. The van der Waals surface area contributed by atoms with Crippen LogP contribution in [0, 0.1) is 24.2 Å². The number of hydrogen-bond acceptors (Lipinski definition) is 5. The van der Waals surface area contributed by atoms with Crippen LogP contribution in [0.1, 0.15) is 85.1 Å². The van der Waals surface area contributed by atoms with Gasteiger partial charge in [-0.05, 0) is 87.2 Å². The molecule has 5 rings (SSSR count). The fraction of sp³-hybridized carbons (Fsp3) is 0.351. The molecular formula is C37H42N6O2. The number of piperidine rings is 1. The maximum absolute atomic E-state index is 14.1. The van der Waals surface area contributed by atoms with Gasteiger partial charge in [-0.15, -0.1) is 0 Å². The molecule has 0 spiro atoms. The minimum atomic E-state index is -0.399. The predicted octanol–water partition coefficient (Wildman–Crippen LogP) is 7.72. The van der Waals surface area contributed by atoms with Crippen LogP contribution in [0.4, 0.5) is 16.3 Å². The fourth-order valence-corrected chi connectivity index (χ4v) is 5.84. The van der Waals surface area contributed by atoms with Crippen LogP contribution in [0.15, 0.2) is 78.9 Å². The number of carbonyl (C=O) groups excluding carboxylic acids is 2. The number of carbonyl (C=O) groups is 2. The van der Waals surface area contributed by atoms with Crippen LogP contribution in [0.5, 0.6) is 0 Å². The first-order valence-corrected chi connectivity index (χ1v) is 15.6. The van der Waals surface area contributed by atoms with Gasteiger partial charge < -0.3 is 10.6 Å². The quantitative estimate of drug-likeness (QED) is 0.179. The van der Waals surface area contributed by atoms with Gasteiger partial charge in [0, 0.05) is 22.7 Å². The predicted molar refractivity (Wildman–Crippen MR) is 179 cm³/mol. The SMILES string of the molecule is Cc1ccc(-n2nc(C(C)(C)C)cc2NC(=O)Nc2cccc(C(C(=O)c3cccc(C(C)C#N)c3)C3CCNCC3)c2)cc1. The van der Waals surface area contributed by atoms with Crippen LogP contribution in [0.25, 0.3) is 5.69 Å². The fourth-order valence-electron chi connectivity index (χ4n) is 5.84. The number of anilines is 2. The smallest absolute Gasteiger partial charge is 0.317 e. The third-order valence-corrected chi connectivity index (χ3v) is 8.50. The first-order valence-electron chi connectivity index (χ1n) is 15.6.